The molecule has 0 aliphatic rings. The summed E-state index contributed by atoms with van der Waals surface area (Å²) in [7, 11) is -3.92. The molecule has 31 heavy (non-hydrogen) atoms. The SMILES string of the molecule is CC(C)(C)c1ccc(S(=O)(=O)Nc2ccc(Cl)cc2C(=O)c2ccnc(OI)c2)cc1. The Morgan fingerprint density at radius 1 is 1.06 bits per heavy atom. The van der Waals surface area contributed by atoms with Gasteiger partial charge in [0.15, 0.2) is 28.8 Å². The number of sulfonamides is 1. The lowest BCUT2D eigenvalue weighted by Gasteiger charge is -2.19. The van der Waals surface area contributed by atoms with Crippen LogP contribution in [0.25, 0.3) is 0 Å². The minimum absolute atomic E-state index is 0.0957. The number of carbonyl (C=O) groups is 1. The molecular formula is C22H20ClIN2O4S. The van der Waals surface area contributed by atoms with E-state index in [0.29, 0.717) is 10.6 Å². The first-order valence-electron chi connectivity index (χ1n) is 9.23. The number of hydrogen-bond donors (Lipinski definition) is 1. The van der Waals surface area contributed by atoms with Gasteiger partial charge in [0.05, 0.1) is 10.6 Å². The zero-order valence-corrected chi connectivity index (χ0v) is 20.7. The molecule has 0 unspecified atom stereocenters. The van der Waals surface area contributed by atoms with Crippen LogP contribution in [0.2, 0.25) is 5.02 Å². The highest BCUT2D eigenvalue weighted by Gasteiger charge is 2.22. The summed E-state index contributed by atoms with van der Waals surface area (Å²) >= 11 is 7.75. The third kappa shape index (κ3) is 5.55. The standard InChI is InChI=1S/C22H20ClIN2O4S/c1-22(2,3)15-4-7-17(8-5-15)31(28,29)26-19-9-6-16(23)13-18(19)21(27)14-10-11-25-20(12-14)30-24/h4-13,26H,1-3H3. The van der Waals surface area contributed by atoms with Crippen molar-refractivity contribution in [1.29, 1.82) is 0 Å². The van der Waals surface area contributed by atoms with E-state index in [1.54, 1.807) is 47.3 Å². The van der Waals surface area contributed by atoms with Gasteiger partial charge in [-0.25, -0.2) is 13.4 Å². The quantitative estimate of drug-likeness (QED) is 0.299. The van der Waals surface area contributed by atoms with Crippen LogP contribution in [0.3, 0.4) is 0 Å². The normalized spacial score (nSPS) is 11.8. The second-order valence-electron chi connectivity index (χ2n) is 7.86. The third-order valence-corrected chi connectivity index (χ3v) is 6.65. The smallest absolute Gasteiger partial charge is 0.261 e. The molecule has 162 valence electrons. The Labute approximate surface area is 200 Å². The van der Waals surface area contributed by atoms with Crippen molar-refractivity contribution in [2.45, 2.75) is 31.1 Å². The number of anilines is 1. The largest absolute Gasteiger partial charge is 0.408 e. The Bertz CT molecular complexity index is 1220. The number of benzene rings is 2. The van der Waals surface area contributed by atoms with Crippen LogP contribution in [-0.2, 0) is 15.4 Å². The van der Waals surface area contributed by atoms with E-state index in [1.807, 2.05) is 20.8 Å². The van der Waals surface area contributed by atoms with Crippen molar-refractivity contribution in [2.24, 2.45) is 0 Å². The first-order chi connectivity index (χ1) is 14.5. The van der Waals surface area contributed by atoms with Gasteiger partial charge in [0.25, 0.3) is 10.0 Å². The van der Waals surface area contributed by atoms with Crippen molar-refractivity contribution in [3.05, 3.63) is 82.5 Å². The van der Waals surface area contributed by atoms with Gasteiger partial charge in [0, 0.05) is 28.4 Å². The molecule has 6 nitrogen and oxygen atoms in total. The second kappa shape index (κ2) is 9.13. The molecule has 0 saturated carbocycles. The van der Waals surface area contributed by atoms with E-state index in [0.717, 1.165) is 5.56 Å². The van der Waals surface area contributed by atoms with E-state index >= 15 is 0 Å². The summed E-state index contributed by atoms with van der Waals surface area (Å²) in [6.45, 7) is 6.15. The Hall–Kier alpha value is -2.17. The van der Waals surface area contributed by atoms with Crippen LogP contribution in [0.4, 0.5) is 5.69 Å². The van der Waals surface area contributed by atoms with Crippen molar-refractivity contribution in [2.75, 3.05) is 4.72 Å². The van der Waals surface area contributed by atoms with Crippen molar-refractivity contribution >= 4 is 56.1 Å². The molecule has 0 spiro atoms. The molecular weight excluding hydrogens is 551 g/mol. The Kier molecular flexibility index (Phi) is 6.92. The second-order valence-corrected chi connectivity index (χ2v) is 10.4. The summed E-state index contributed by atoms with van der Waals surface area (Å²) in [4.78, 5) is 17.2. The van der Waals surface area contributed by atoms with Crippen LogP contribution in [0.5, 0.6) is 5.88 Å². The van der Waals surface area contributed by atoms with Gasteiger partial charge in [-0.05, 0) is 47.4 Å². The van der Waals surface area contributed by atoms with Crippen LogP contribution in [0.1, 0.15) is 42.3 Å². The molecule has 0 amide bonds. The predicted molar refractivity (Wildman–Crippen MR) is 130 cm³/mol. The van der Waals surface area contributed by atoms with Crippen molar-refractivity contribution in [3.63, 3.8) is 0 Å². The minimum Gasteiger partial charge on any atom is -0.408 e. The molecule has 1 heterocycles. The molecule has 9 heteroatoms. The van der Waals surface area contributed by atoms with Crippen LogP contribution < -0.4 is 7.79 Å². The van der Waals surface area contributed by atoms with E-state index in [9.17, 15) is 13.2 Å². The van der Waals surface area contributed by atoms with Crippen LogP contribution >= 0.6 is 34.6 Å². The predicted octanol–water partition coefficient (Wildman–Crippen LogP) is 5.79. The van der Waals surface area contributed by atoms with Gasteiger partial charge in [-0.15, -0.1) is 0 Å². The minimum atomic E-state index is -3.92. The van der Waals surface area contributed by atoms with Gasteiger partial charge in [-0.1, -0.05) is 44.5 Å². The molecule has 1 aromatic heterocycles. The number of ketones is 1. The number of rotatable bonds is 6. The van der Waals surface area contributed by atoms with Gasteiger partial charge >= 0.3 is 0 Å². The lowest BCUT2D eigenvalue weighted by Crippen LogP contribution is -2.17. The Morgan fingerprint density at radius 2 is 1.74 bits per heavy atom. The topological polar surface area (TPSA) is 85.4 Å². The van der Waals surface area contributed by atoms with Gasteiger partial charge in [-0.2, -0.15) is 0 Å². The van der Waals surface area contributed by atoms with Gasteiger partial charge in [0.2, 0.25) is 5.88 Å². The molecule has 2 aromatic carbocycles. The molecule has 1 N–H and O–H groups in total. The Morgan fingerprint density at radius 3 is 2.35 bits per heavy atom. The van der Waals surface area contributed by atoms with Gasteiger partial charge in [0.1, 0.15) is 0 Å². The zero-order valence-electron chi connectivity index (χ0n) is 17.0. The van der Waals surface area contributed by atoms with Crippen molar-refractivity contribution < 1.29 is 16.3 Å². The van der Waals surface area contributed by atoms with Crippen LogP contribution in [0, 0.1) is 0 Å². The van der Waals surface area contributed by atoms with Gasteiger partial charge in [-0.3, -0.25) is 9.52 Å². The summed E-state index contributed by atoms with van der Waals surface area (Å²) in [6.07, 6.45) is 1.44. The maximum absolute atomic E-state index is 13.1. The van der Waals surface area contributed by atoms with E-state index in [1.165, 1.54) is 36.5 Å². The first-order valence-corrected chi connectivity index (χ1v) is 12.0. The number of carbonyl (C=O) groups excluding carboxylic acids is 1. The molecule has 0 radical (unpaired) electrons. The third-order valence-electron chi connectivity index (χ3n) is 4.58. The molecule has 0 fully saturated rings. The average Bonchev–Trinajstić information content (AvgIpc) is 2.74. The van der Waals surface area contributed by atoms with E-state index < -0.39 is 15.8 Å². The molecule has 3 aromatic rings. The molecule has 0 aliphatic heterocycles. The lowest BCUT2D eigenvalue weighted by atomic mass is 9.87. The fraction of sp³-hybridized carbons (Fsp3) is 0.182. The van der Waals surface area contributed by atoms with Gasteiger partial charge < -0.3 is 3.07 Å². The molecule has 3 rings (SSSR count). The van der Waals surface area contributed by atoms with Crippen molar-refractivity contribution in [3.8, 4) is 5.88 Å². The van der Waals surface area contributed by atoms with Crippen LogP contribution in [0.15, 0.2) is 65.7 Å². The van der Waals surface area contributed by atoms with E-state index in [2.05, 4.69) is 9.71 Å². The fourth-order valence-electron chi connectivity index (χ4n) is 2.88. The summed E-state index contributed by atoms with van der Waals surface area (Å²) in [5.74, 6) is -0.157. The highest BCUT2D eigenvalue weighted by Crippen LogP contribution is 2.28. The fourth-order valence-corrected chi connectivity index (χ4v) is 4.37. The first kappa shape index (κ1) is 23.5. The monoisotopic (exact) mass is 570 g/mol. The number of aromatic nitrogens is 1. The highest BCUT2D eigenvalue weighted by molar-refractivity contribution is 14.1. The number of hydrogen-bond acceptors (Lipinski definition) is 5. The Balaban J connectivity index is 1.97. The molecule has 0 atom stereocenters. The highest BCUT2D eigenvalue weighted by atomic mass is 127. The van der Waals surface area contributed by atoms with E-state index in [-0.39, 0.29) is 27.4 Å². The number of nitrogens with zero attached hydrogens (tertiary/aromatic N) is 1. The maximum Gasteiger partial charge on any atom is 0.261 e. The van der Waals surface area contributed by atoms with Crippen molar-refractivity contribution in [1.82, 2.24) is 4.98 Å². The zero-order chi connectivity index (χ0) is 22.8. The summed E-state index contributed by atoms with van der Waals surface area (Å²) in [6, 6.07) is 14.1. The number of halogens is 2. The maximum atomic E-state index is 13.1. The summed E-state index contributed by atoms with van der Waals surface area (Å²) < 4.78 is 33.5. The number of pyridine rings is 1. The van der Waals surface area contributed by atoms with E-state index in [4.69, 9.17) is 14.7 Å². The number of nitrogens with one attached hydrogen (secondary N) is 1. The molecule has 0 saturated heterocycles. The van der Waals surface area contributed by atoms with Crippen LogP contribution in [-0.4, -0.2) is 19.2 Å². The summed E-state index contributed by atoms with van der Waals surface area (Å²) in [5.41, 5.74) is 1.45. The lowest BCUT2D eigenvalue weighted by molar-refractivity contribution is 0.103. The average molecular weight is 571 g/mol. The molecule has 0 aliphatic carbocycles. The molecule has 0 bridgehead atoms. The summed E-state index contributed by atoms with van der Waals surface area (Å²) in [5, 5.41) is 0.306.